The van der Waals surface area contributed by atoms with Crippen molar-refractivity contribution < 1.29 is 15.0 Å². The highest BCUT2D eigenvalue weighted by Crippen LogP contribution is 2.11. The van der Waals surface area contributed by atoms with E-state index in [0.717, 1.165) is 51.4 Å². The lowest BCUT2D eigenvalue weighted by Gasteiger charge is -2.01. The smallest absolute Gasteiger partial charge is 0.303 e. The zero-order valence-corrected chi connectivity index (χ0v) is 12.4. The Morgan fingerprint density at radius 1 is 0.842 bits per heavy atom. The molecule has 112 valence electrons. The normalized spacial score (nSPS) is 11.7. The Kier molecular flexibility index (Phi) is 12.7. The Labute approximate surface area is 117 Å². The first-order valence-electron chi connectivity index (χ1n) is 7.76. The van der Waals surface area contributed by atoms with Gasteiger partial charge in [-0.2, -0.15) is 0 Å². The average Bonchev–Trinajstić information content (AvgIpc) is 2.37. The highest BCUT2D eigenvalue weighted by atomic mass is 16.4. The van der Waals surface area contributed by atoms with Gasteiger partial charge in [-0.25, -0.2) is 0 Å². The molecule has 0 saturated heterocycles. The van der Waals surface area contributed by atoms with Crippen molar-refractivity contribution in [2.75, 3.05) is 0 Å². The lowest BCUT2D eigenvalue weighted by molar-refractivity contribution is -0.137. The molecule has 0 amide bonds. The van der Waals surface area contributed by atoms with Gasteiger partial charge in [0.25, 0.3) is 0 Å². The summed E-state index contributed by atoms with van der Waals surface area (Å²) < 4.78 is 0. The third kappa shape index (κ3) is 15.0. The predicted molar refractivity (Wildman–Crippen MR) is 79.4 cm³/mol. The van der Waals surface area contributed by atoms with Crippen LogP contribution in [0.1, 0.15) is 84.0 Å². The van der Waals surface area contributed by atoms with E-state index < -0.39 is 5.97 Å². The van der Waals surface area contributed by atoms with Gasteiger partial charge in [0, 0.05) is 12.8 Å². The fourth-order valence-corrected chi connectivity index (χ4v) is 2.05. The first-order valence-corrected chi connectivity index (χ1v) is 7.76. The van der Waals surface area contributed by atoms with Crippen LogP contribution in [-0.2, 0) is 4.79 Å². The van der Waals surface area contributed by atoms with E-state index >= 15 is 0 Å². The second kappa shape index (κ2) is 13.4. The molecule has 3 heteroatoms. The fourth-order valence-electron chi connectivity index (χ4n) is 2.05. The summed E-state index contributed by atoms with van der Waals surface area (Å²) in [5, 5.41) is 18.1. The molecule has 3 nitrogen and oxygen atoms in total. The van der Waals surface area contributed by atoms with Gasteiger partial charge in [-0.05, 0) is 31.8 Å². The van der Waals surface area contributed by atoms with Gasteiger partial charge in [0.1, 0.15) is 0 Å². The lowest BCUT2D eigenvalue weighted by Crippen LogP contribution is -1.93. The summed E-state index contributed by atoms with van der Waals surface area (Å²) >= 11 is 0. The predicted octanol–water partition coefficient (Wildman–Crippen LogP) is 5.21. The molecule has 0 aliphatic carbocycles. The number of carbonyl (C=O) groups is 1. The van der Waals surface area contributed by atoms with Gasteiger partial charge in [-0.3, -0.25) is 4.79 Å². The number of aliphatic hydroxyl groups is 1. The summed E-state index contributed by atoms with van der Waals surface area (Å²) in [4.78, 5) is 10.3. The molecule has 0 aromatic carbocycles. The molecule has 0 aromatic rings. The summed E-state index contributed by atoms with van der Waals surface area (Å²) in [6.45, 7) is 2.19. The molecule has 0 atom stereocenters. The number of hydrogen-bond donors (Lipinski definition) is 2. The van der Waals surface area contributed by atoms with Gasteiger partial charge < -0.3 is 10.2 Å². The SMILES string of the molecule is CCCCCC/C(O)=C\CCCCCCCC(=O)O. The summed E-state index contributed by atoms with van der Waals surface area (Å²) in [5.74, 6) is -0.155. The first-order chi connectivity index (χ1) is 9.16. The zero-order chi connectivity index (χ0) is 14.3. The molecule has 19 heavy (non-hydrogen) atoms. The minimum Gasteiger partial charge on any atom is -0.513 e. The monoisotopic (exact) mass is 270 g/mol. The van der Waals surface area contributed by atoms with Gasteiger partial charge in [-0.1, -0.05) is 45.4 Å². The molecular formula is C16H30O3. The molecule has 0 aliphatic heterocycles. The average molecular weight is 270 g/mol. The highest BCUT2D eigenvalue weighted by molar-refractivity contribution is 5.66. The van der Waals surface area contributed by atoms with E-state index in [1.165, 1.54) is 19.3 Å². The minimum absolute atomic E-state index is 0.290. The van der Waals surface area contributed by atoms with Crippen molar-refractivity contribution in [2.45, 2.75) is 84.0 Å². The first kappa shape index (κ1) is 18.0. The van der Waals surface area contributed by atoms with Gasteiger partial charge in [-0.15, -0.1) is 0 Å². The van der Waals surface area contributed by atoms with E-state index in [9.17, 15) is 9.90 Å². The van der Waals surface area contributed by atoms with Crippen LogP contribution >= 0.6 is 0 Å². The topological polar surface area (TPSA) is 57.5 Å². The Bertz CT molecular complexity index is 246. The number of carboxylic acids is 1. The lowest BCUT2D eigenvalue weighted by atomic mass is 10.1. The van der Waals surface area contributed by atoms with E-state index in [0.29, 0.717) is 12.2 Å². The van der Waals surface area contributed by atoms with Gasteiger partial charge >= 0.3 is 5.97 Å². The molecule has 0 unspecified atom stereocenters. The Morgan fingerprint density at radius 3 is 2.11 bits per heavy atom. The Balaban J connectivity index is 3.29. The summed E-state index contributed by atoms with van der Waals surface area (Å²) in [6, 6.07) is 0. The number of allylic oxidation sites excluding steroid dienone is 2. The van der Waals surface area contributed by atoms with Crippen molar-refractivity contribution in [3.63, 3.8) is 0 Å². The van der Waals surface area contributed by atoms with E-state index in [1.54, 1.807) is 0 Å². The molecular weight excluding hydrogens is 240 g/mol. The maximum absolute atomic E-state index is 10.3. The third-order valence-corrected chi connectivity index (χ3v) is 3.26. The van der Waals surface area contributed by atoms with Crippen LogP contribution in [0.5, 0.6) is 0 Å². The largest absolute Gasteiger partial charge is 0.513 e. The summed E-state index contributed by atoms with van der Waals surface area (Å²) in [7, 11) is 0. The molecule has 0 saturated carbocycles. The third-order valence-electron chi connectivity index (χ3n) is 3.26. The quantitative estimate of drug-likeness (QED) is 0.356. The highest BCUT2D eigenvalue weighted by Gasteiger charge is 1.97. The second-order valence-electron chi connectivity index (χ2n) is 5.21. The van der Waals surface area contributed by atoms with Gasteiger partial charge in [0.2, 0.25) is 0 Å². The summed E-state index contributed by atoms with van der Waals surface area (Å²) in [5.41, 5.74) is 0. The van der Waals surface area contributed by atoms with Gasteiger partial charge in [0.05, 0.1) is 5.76 Å². The number of carboxylic acid groups (broad SMARTS) is 1. The van der Waals surface area contributed by atoms with E-state index in [-0.39, 0.29) is 0 Å². The zero-order valence-electron chi connectivity index (χ0n) is 12.4. The van der Waals surface area contributed by atoms with E-state index in [2.05, 4.69) is 6.92 Å². The van der Waals surface area contributed by atoms with Crippen molar-refractivity contribution in [1.82, 2.24) is 0 Å². The van der Waals surface area contributed by atoms with Crippen LogP contribution in [0.3, 0.4) is 0 Å². The van der Waals surface area contributed by atoms with Crippen LogP contribution in [0.15, 0.2) is 11.8 Å². The van der Waals surface area contributed by atoms with Crippen molar-refractivity contribution in [1.29, 1.82) is 0 Å². The standard InChI is InChI=1S/C16H30O3/c1-2-3-4-9-12-15(17)13-10-7-5-6-8-11-14-16(18)19/h13,17H,2-12,14H2,1H3,(H,18,19)/b15-13+. The van der Waals surface area contributed by atoms with Crippen LogP contribution in [0, 0.1) is 0 Å². The molecule has 0 aliphatic rings. The number of aliphatic hydroxyl groups excluding tert-OH is 1. The molecule has 0 rings (SSSR count). The molecule has 0 spiro atoms. The Hall–Kier alpha value is -0.990. The van der Waals surface area contributed by atoms with Crippen molar-refractivity contribution in [3.05, 3.63) is 11.8 Å². The fraction of sp³-hybridized carbons (Fsp3) is 0.812. The van der Waals surface area contributed by atoms with E-state index in [1.807, 2.05) is 6.08 Å². The number of hydrogen-bond acceptors (Lipinski definition) is 2. The number of unbranched alkanes of at least 4 members (excludes halogenated alkanes) is 8. The maximum atomic E-state index is 10.3. The van der Waals surface area contributed by atoms with Crippen LogP contribution in [-0.4, -0.2) is 16.2 Å². The van der Waals surface area contributed by atoms with Crippen LogP contribution in [0.4, 0.5) is 0 Å². The van der Waals surface area contributed by atoms with Crippen LogP contribution < -0.4 is 0 Å². The number of rotatable bonds is 13. The molecule has 0 bridgehead atoms. The molecule has 0 heterocycles. The maximum Gasteiger partial charge on any atom is 0.303 e. The van der Waals surface area contributed by atoms with Crippen LogP contribution in [0.25, 0.3) is 0 Å². The van der Waals surface area contributed by atoms with Crippen molar-refractivity contribution in [3.8, 4) is 0 Å². The number of aliphatic carboxylic acids is 1. The minimum atomic E-state index is -0.698. The van der Waals surface area contributed by atoms with Crippen LogP contribution in [0.2, 0.25) is 0 Å². The molecule has 0 radical (unpaired) electrons. The molecule has 0 fully saturated rings. The Morgan fingerprint density at radius 2 is 1.42 bits per heavy atom. The second-order valence-corrected chi connectivity index (χ2v) is 5.21. The van der Waals surface area contributed by atoms with Crippen molar-refractivity contribution >= 4 is 5.97 Å². The molecule has 2 N–H and O–H groups in total. The van der Waals surface area contributed by atoms with Gasteiger partial charge in [0.15, 0.2) is 0 Å². The van der Waals surface area contributed by atoms with E-state index in [4.69, 9.17) is 5.11 Å². The van der Waals surface area contributed by atoms with Crippen molar-refractivity contribution in [2.24, 2.45) is 0 Å². The summed E-state index contributed by atoms with van der Waals surface area (Å²) in [6.07, 6.45) is 13.9. The molecule has 0 aromatic heterocycles.